The molecule has 0 radical (unpaired) electrons. The molecule has 0 aliphatic carbocycles. The zero-order chi connectivity index (χ0) is 19.4. The van der Waals surface area contributed by atoms with Crippen LogP contribution in [0.25, 0.3) is 0 Å². The molecule has 142 valence electrons. The summed E-state index contributed by atoms with van der Waals surface area (Å²) in [5, 5.41) is 6.04. The van der Waals surface area contributed by atoms with Crippen molar-refractivity contribution < 1.29 is 13.2 Å². The second-order valence-corrected chi connectivity index (χ2v) is 8.42. The number of benzene rings is 2. The molecule has 0 saturated heterocycles. The van der Waals surface area contributed by atoms with E-state index in [4.69, 9.17) is 0 Å². The summed E-state index contributed by atoms with van der Waals surface area (Å²) in [4.78, 5) is 12.5. The average Bonchev–Trinajstić information content (AvgIpc) is 2.61. The molecule has 0 bridgehead atoms. The summed E-state index contributed by atoms with van der Waals surface area (Å²) in [6.07, 6.45) is 0.667. The van der Waals surface area contributed by atoms with Crippen LogP contribution in [0.3, 0.4) is 0 Å². The molecule has 2 aromatic rings. The fraction of sp³-hybridized carbons (Fsp3) is 0.300. The number of amides is 1. The molecule has 0 spiro atoms. The maximum absolute atomic E-state index is 12.3. The zero-order valence-electron chi connectivity index (χ0n) is 15.3. The Morgan fingerprint density at radius 1 is 1.07 bits per heavy atom. The molecule has 1 aliphatic heterocycles. The number of hydrogen-bond acceptors (Lipinski definition) is 4. The number of hydrogen-bond donors (Lipinski definition) is 2. The minimum atomic E-state index is -3.70. The van der Waals surface area contributed by atoms with Crippen molar-refractivity contribution in [2.45, 2.75) is 37.6 Å². The first-order valence-electron chi connectivity index (χ1n) is 8.89. The normalized spacial score (nSPS) is 17.0. The molecule has 6 nitrogen and oxygen atoms in total. The van der Waals surface area contributed by atoms with Crippen molar-refractivity contribution in [1.82, 2.24) is 5.32 Å². The second kappa shape index (κ2) is 7.92. The van der Waals surface area contributed by atoms with Crippen molar-refractivity contribution >= 4 is 27.5 Å². The molecule has 0 aromatic heterocycles. The van der Waals surface area contributed by atoms with Crippen LogP contribution in [0, 0.1) is 5.92 Å². The van der Waals surface area contributed by atoms with Gasteiger partial charge in [0.25, 0.3) is 10.0 Å². The SMILES string of the molecule is CC(CC(=O)NC(C)c1ccccc1)CC1=NS(=O)(=O)c2ccccc2N1. The summed E-state index contributed by atoms with van der Waals surface area (Å²) < 4.78 is 28.4. The molecule has 2 atom stereocenters. The van der Waals surface area contributed by atoms with Crippen LogP contribution in [0.2, 0.25) is 0 Å². The van der Waals surface area contributed by atoms with Gasteiger partial charge in [-0.05, 0) is 30.5 Å². The molecule has 0 fully saturated rings. The molecule has 1 aliphatic rings. The van der Waals surface area contributed by atoms with Gasteiger partial charge >= 0.3 is 0 Å². The first-order valence-corrected chi connectivity index (χ1v) is 10.3. The number of para-hydroxylation sites is 1. The van der Waals surface area contributed by atoms with E-state index in [2.05, 4.69) is 15.0 Å². The molecule has 3 rings (SSSR count). The van der Waals surface area contributed by atoms with E-state index in [1.807, 2.05) is 44.2 Å². The number of nitrogens with one attached hydrogen (secondary N) is 2. The lowest BCUT2D eigenvalue weighted by atomic mass is 10.0. The molecular formula is C20H23N3O3S. The van der Waals surface area contributed by atoms with Crippen molar-refractivity contribution in [1.29, 1.82) is 0 Å². The maximum Gasteiger partial charge on any atom is 0.286 e. The number of carbonyl (C=O) groups excluding carboxylic acids is 1. The Hall–Kier alpha value is -2.67. The Morgan fingerprint density at radius 3 is 2.48 bits per heavy atom. The second-order valence-electron chi connectivity index (χ2n) is 6.85. The van der Waals surface area contributed by atoms with Crippen LogP contribution in [0.4, 0.5) is 5.69 Å². The summed E-state index contributed by atoms with van der Waals surface area (Å²) in [5.41, 5.74) is 1.57. The number of anilines is 1. The van der Waals surface area contributed by atoms with Crippen LogP contribution in [0.15, 0.2) is 63.9 Å². The summed E-state index contributed by atoms with van der Waals surface area (Å²) in [6.45, 7) is 3.85. The van der Waals surface area contributed by atoms with E-state index in [9.17, 15) is 13.2 Å². The third-order valence-electron chi connectivity index (χ3n) is 4.43. The van der Waals surface area contributed by atoms with Gasteiger partial charge in [-0.15, -0.1) is 4.40 Å². The van der Waals surface area contributed by atoms with Gasteiger partial charge in [0.05, 0.1) is 11.7 Å². The highest BCUT2D eigenvalue weighted by molar-refractivity contribution is 7.90. The molecular weight excluding hydrogens is 362 g/mol. The number of rotatable bonds is 6. The number of carbonyl (C=O) groups is 1. The van der Waals surface area contributed by atoms with Crippen molar-refractivity contribution in [3.63, 3.8) is 0 Å². The first-order chi connectivity index (χ1) is 12.8. The van der Waals surface area contributed by atoms with Gasteiger partial charge in [0.2, 0.25) is 5.91 Å². The van der Waals surface area contributed by atoms with E-state index in [1.54, 1.807) is 18.2 Å². The standard InChI is InChI=1S/C20H23N3O3S/c1-14(13-20(24)21-15(2)16-8-4-3-5-9-16)12-19-22-17-10-6-7-11-18(17)27(25,26)23-19/h3-11,14-15H,12-13H2,1-2H3,(H,21,24)(H,22,23). The van der Waals surface area contributed by atoms with Gasteiger partial charge in [-0.2, -0.15) is 8.42 Å². The van der Waals surface area contributed by atoms with E-state index in [0.717, 1.165) is 5.56 Å². The number of fused-ring (bicyclic) bond motifs is 1. The zero-order valence-corrected chi connectivity index (χ0v) is 16.2. The highest BCUT2D eigenvalue weighted by atomic mass is 32.2. The smallest absolute Gasteiger partial charge is 0.286 e. The molecule has 2 unspecified atom stereocenters. The van der Waals surface area contributed by atoms with Gasteiger partial charge in [0, 0.05) is 12.8 Å². The summed E-state index contributed by atoms with van der Waals surface area (Å²) in [6, 6.07) is 16.3. The first kappa shape index (κ1) is 19.1. The number of nitrogens with zero attached hydrogens (tertiary/aromatic N) is 1. The topological polar surface area (TPSA) is 87.6 Å². The van der Waals surface area contributed by atoms with Crippen molar-refractivity contribution in [3.8, 4) is 0 Å². The van der Waals surface area contributed by atoms with E-state index in [-0.39, 0.29) is 22.8 Å². The fourth-order valence-electron chi connectivity index (χ4n) is 3.10. The predicted molar refractivity (Wildman–Crippen MR) is 106 cm³/mol. The maximum atomic E-state index is 12.3. The van der Waals surface area contributed by atoms with E-state index in [0.29, 0.717) is 24.4 Å². The van der Waals surface area contributed by atoms with E-state index in [1.165, 1.54) is 6.07 Å². The number of amidine groups is 1. The Morgan fingerprint density at radius 2 is 1.74 bits per heavy atom. The molecule has 7 heteroatoms. The Kier molecular flexibility index (Phi) is 5.60. The molecule has 0 saturated carbocycles. The fourth-order valence-corrected chi connectivity index (χ4v) is 4.26. The van der Waals surface area contributed by atoms with Crippen LogP contribution in [0.1, 0.15) is 38.3 Å². The van der Waals surface area contributed by atoms with Gasteiger partial charge in [0.15, 0.2) is 0 Å². The Balaban J connectivity index is 1.59. The minimum Gasteiger partial charge on any atom is -0.350 e. The molecule has 2 aromatic carbocycles. The van der Waals surface area contributed by atoms with Gasteiger partial charge < -0.3 is 10.6 Å². The van der Waals surface area contributed by atoms with Gasteiger partial charge in [-0.3, -0.25) is 4.79 Å². The lowest BCUT2D eigenvalue weighted by Crippen LogP contribution is -2.29. The monoisotopic (exact) mass is 385 g/mol. The van der Waals surface area contributed by atoms with Gasteiger partial charge in [-0.25, -0.2) is 0 Å². The van der Waals surface area contributed by atoms with Gasteiger partial charge in [0.1, 0.15) is 10.7 Å². The largest absolute Gasteiger partial charge is 0.350 e. The van der Waals surface area contributed by atoms with Gasteiger partial charge in [-0.1, -0.05) is 49.4 Å². The highest BCUT2D eigenvalue weighted by Crippen LogP contribution is 2.28. The third kappa shape index (κ3) is 4.74. The molecule has 1 heterocycles. The quantitative estimate of drug-likeness (QED) is 0.797. The van der Waals surface area contributed by atoms with Crippen molar-refractivity contribution in [3.05, 3.63) is 60.2 Å². The van der Waals surface area contributed by atoms with Crippen LogP contribution in [0.5, 0.6) is 0 Å². The summed E-state index contributed by atoms with van der Waals surface area (Å²) in [5.74, 6) is 0.239. The third-order valence-corrected chi connectivity index (χ3v) is 5.80. The minimum absolute atomic E-state index is 0.0558. The summed E-state index contributed by atoms with van der Waals surface area (Å²) >= 11 is 0. The van der Waals surface area contributed by atoms with Crippen LogP contribution < -0.4 is 10.6 Å². The highest BCUT2D eigenvalue weighted by Gasteiger charge is 2.25. The predicted octanol–water partition coefficient (Wildman–Crippen LogP) is 3.49. The van der Waals surface area contributed by atoms with Crippen molar-refractivity contribution in [2.75, 3.05) is 5.32 Å². The van der Waals surface area contributed by atoms with Crippen LogP contribution in [-0.2, 0) is 14.8 Å². The average molecular weight is 385 g/mol. The van der Waals surface area contributed by atoms with Crippen LogP contribution >= 0.6 is 0 Å². The van der Waals surface area contributed by atoms with E-state index >= 15 is 0 Å². The molecule has 1 amide bonds. The lowest BCUT2D eigenvalue weighted by Gasteiger charge is -2.21. The Bertz CT molecular complexity index is 955. The molecule has 27 heavy (non-hydrogen) atoms. The summed E-state index contributed by atoms with van der Waals surface area (Å²) in [7, 11) is -3.70. The lowest BCUT2D eigenvalue weighted by molar-refractivity contribution is -0.122. The Labute approximate surface area is 159 Å². The number of sulfonamides is 1. The van der Waals surface area contributed by atoms with Crippen molar-refractivity contribution in [2.24, 2.45) is 10.3 Å². The molecule has 2 N–H and O–H groups in total. The van der Waals surface area contributed by atoms with Crippen LogP contribution in [-0.4, -0.2) is 20.2 Å². The van der Waals surface area contributed by atoms with E-state index < -0.39 is 10.0 Å².